The average molecular weight is 399 g/mol. The van der Waals surface area contributed by atoms with Gasteiger partial charge in [-0.2, -0.15) is 13.2 Å². The third kappa shape index (κ3) is 5.23. The fourth-order valence-corrected chi connectivity index (χ4v) is 2.80. The van der Waals surface area contributed by atoms with E-state index in [1.165, 1.54) is 6.07 Å². The summed E-state index contributed by atoms with van der Waals surface area (Å²) in [6, 6.07) is 8.41. The number of nitrogens with one attached hydrogen (secondary N) is 1. The van der Waals surface area contributed by atoms with E-state index >= 15 is 0 Å². The van der Waals surface area contributed by atoms with E-state index in [-0.39, 0.29) is 5.02 Å². The molecule has 0 aliphatic rings. The molecule has 0 unspecified atom stereocenters. The maximum absolute atomic E-state index is 13.3. The first-order valence-corrected chi connectivity index (χ1v) is 8.39. The zero-order chi connectivity index (χ0) is 20.4. The molecule has 0 saturated carbocycles. The lowest BCUT2D eigenvalue weighted by molar-refractivity contribution is -0.137. The molecule has 1 N–H and O–H groups in total. The molecule has 2 aromatic rings. The van der Waals surface area contributed by atoms with Gasteiger partial charge < -0.3 is 10.2 Å². The molecule has 0 atom stereocenters. The summed E-state index contributed by atoms with van der Waals surface area (Å²) in [5.74, 6) is -1.31. The first-order chi connectivity index (χ1) is 12.5. The summed E-state index contributed by atoms with van der Waals surface area (Å²) in [7, 11) is 0. The lowest BCUT2D eigenvalue weighted by Crippen LogP contribution is -2.38. The standard InChI is InChI=1S/C19H18ClF3N2O2/c1-11-4-6-16(12(2)8-11)24-18(27)10-25(13(3)26)17-7-5-14(20)9-15(17)19(21,22)23/h4-9H,10H2,1-3H3,(H,24,27). The Bertz CT molecular complexity index is 882. The number of carbonyl (C=O) groups is 2. The van der Waals surface area contributed by atoms with Crippen molar-refractivity contribution in [2.75, 3.05) is 16.8 Å². The Morgan fingerprint density at radius 3 is 2.33 bits per heavy atom. The van der Waals surface area contributed by atoms with Gasteiger partial charge in [-0.3, -0.25) is 9.59 Å². The molecule has 2 aromatic carbocycles. The van der Waals surface area contributed by atoms with Gasteiger partial charge in [0, 0.05) is 17.6 Å². The van der Waals surface area contributed by atoms with Crippen LogP contribution in [0.2, 0.25) is 5.02 Å². The van der Waals surface area contributed by atoms with Gasteiger partial charge in [0.05, 0.1) is 11.3 Å². The van der Waals surface area contributed by atoms with E-state index in [1.54, 1.807) is 19.1 Å². The predicted octanol–water partition coefficient (Wildman–Crippen LogP) is 4.97. The largest absolute Gasteiger partial charge is 0.418 e. The summed E-state index contributed by atoms with van der Waals surface area (Å²) in [4.78, 5) is 25.1. The second-order valence-electron chi connectivity index (χ2n) is 6.13. The Morgan fingerprint density at radius 2 is 1.78 bits per heavy atom. The van der Waals surface area contributed by atoms with E-state index in [0.29, 0.717) is 5.69 Å². The summed E-state index contributed by atoms with van der Waals surface area (Å²) in [5.41, 5.74) is 0.841. The minimum Gasteiger partial charge on any atom is -0.324 e. The second-order valence-corrected chi connectivity index (χ2v) is 6.57. The second kappa shape index (κ2) is 8.00. The van der Waals surface area contributed by atoms with E-state index < -0.39 is 35.8 Å². The molecule has 0 radical (unpaired) electrons. The first-order valence-electron chi connectivity index (χ1n) is 8.01. The monoisotopic (exact) mass is 398 g/mol. The molecule has 144 valence electrons. The molecule has 0 heterocycles. The van der Waals surface area contributed by atoms with Gasteiger partial charge in [0.2, 0.25) is 11.8 Å². The van der Waals surface area contributed by atoms with Crippen molar-refractivity contribution >= 4 is 34.8 Å². The minimum absolute atomic E-state index is 0.116. The molecule has 0 fully saturated rings. The molecule has 27 heavy (non-hydrogen) atoms. The predicted molar refractivity (Wildman–Crippen MR) is 99.0 cm³/mol. The van der Waals surface area contributed by atoms with E-state index in [4.69, 9.17) is 11.6 Å². The summed E-state index contributed by atoms with van der Waals surface area (Å²) in [6.07, 6.45) is -4.72. The molecule has 4 nitrogen and oxygen atoms in total. The third-order valence-corrected chi connectivity index (χ3v) is 4.13. The van der Waals surface area contributed by atoms with Crippen LogP contribution in [0.25, 0.3) is 0 Å². The van der Waals surface area contributed by atoms with Gasteiger partial charge in [-0.1, -0.05) is 29.3 Å². The van der Waals surface area contributed by atoms with Gasteiger partial charge in [0.1, 0.15) is 6.54 Å². The molecular formula is C19H18ClF3N2O2. The summed E-state index contributed by atoms with van der Waals surface area (Å²) in [6.45, 7) is 4.23. The Kier molecular flexibility index (Phi) is 6.15. The number of alkyl halides is 3. The van der Waals surface area contributed by atoms with Crippen LogP contribution in [0.3, 0.4) is 0 Å². The summed E-state index contributed by atoms with van der Waals surface area (Å²) >= 11 is 5.67. The lowest BCUT2D eigenvalue weighted by Gasteiger charge is -2.24. The van der Waals surface area contributed by atoms with Crippen LogP contribution >= 0.6 is 11.6 Å². The molecular weight excluding hydrogens is 381 g/mol. The quantitative estimate of drug-likeness (QED) is 0.790. The number of benzene rings is 2. The molecule has 2 rings (SSSR count). The fraction of sp³-hybridized carbons (Fsp3) is 0.263. The minimum atomic E-state index is -4.72. The number of carbonyl (C=O) groups excluding carboxylic acids is 2. The van der Waals surface area contributed by atoms with Crippen molar-refractivity contribution in [3.8, 4) is 0 Å². The number of hydrogen-bond acceptors (Lipinski definition) is 2. The molecule has 0 aliphatic carbocycles. The number of nitrogens with zero attached hydrogens (tertiary/aromatic N) is 1. The van der Waals surface area contributed by atoms with Crippen LogP contribution in [0.15, 0.2) is 36.4 Å². The van der Waals surface area contributed by atoms with Crippen molar-refractivity contribution in [1.29, 1.82) is 0 Å². The van der Waals surface area contributed by atoms with Gasteiger partial charge in [-0.25, -0.2) is 0 Å². The summed E-state index contributed by atoms with van der Waals surface area (Å²) in [5, 5.41) is 2.51. The van der Waals surface area contributed by atoms with E-state index in [9.17, 15) is 22.8 Å². The van der Waals surface area contributed by atoms with Crippen LogP contribution in [0.4, 0.5) is 24.5 Å². The number of rotatable bonds is 4. The van der Waals surface area contributed by atoms with Crippen molar-refractivity contribution in [2.45, 2.75) is 26.9 Å². The Hall–Kier alpha value is -2.54. The number of halogens is 4. The van der Waals surface area contributed by atoms with Crippen molar-refractivity contribution < 1.29 is 22.8 Å². The van der Waals surface area contributed by atoms with E-state index in [2.05, 4.69) is 5.32 Å². The van der Waals surface area contributed by atoms with E-state index in [0.717, 1.165) is 35.1 Å². The van der Waals surface area contributed by atoms with E-state index in [1.807, 2.05) is 13.0 Å². The van der Waals surface area contributed by atoms with Crippen molar-refractivity contribution in [3.63, 3.8) is 0 Å². The van der Waals surface area contributed by atoms with Gasteiger partial charge in [-0.05, 0) is 43.7 Å². The Morgan fingerprint density at radius 1 is 1.11 bits per heavy atom. The average Bonchev–Trinajstić information content (AvgIpc) is 2.54. The van der Waals surface area contributed by atoms with Crippen molar-refractivity contribution in [3.05, 3.63) is 58.1 Å². The van der Waals surface area contributed by atoms with Crippen molar-refractivity contribution in [1.82, 2.24) is 0 Å². The zero-order valence-electron chi connectivity index (χ0n) is 14.9. The van der Waals surface area contributed by atoms with Crippen LogP contribution in [0.1, 0.15) is 23.6 Å². The molecule has 0 spiro atoms. The molecule has 0 saturated heterocycles. The van der Waals surface area contributed by atoms with Gasteiger partial charge in [0.15, 0.2) is 0 Å². The van der Waals surface area contributed by atoms with Crippen LogP contribution in [-0.2, 0) is 15.8 Å². The van der Waals surface area contributed by atoms with Gasteiger partial charge in [0.25, 0.3) is 0 Å². The number of hydrogen-bond donors (Lipinski definition) is 1. The lowest BCUT2D eigenvalue weighted by atomic mass is 10.1. The van der Waals surface area contributed by atoms with Crippen LogP contribution in [-0.4, -0.2) is 18.4 Å². The smallest absolute Gasteiger partial charge is 0.324 e. The molecule has 8 heteroatoms. The Labute approximate surface area is 159 Å². The fourth-order valence-electron chi connectivity index (χ4n) is 2.62. The SMILES string of the molecule is CC(=O)N(CC(=O)Nc1ccc(C)cc1C)c1ccc(Cl)cc1C(F)(F)F. The maximum atomic E-state index is 13.3. The molecule has 0 aliphatic heterocycles. The summed E-state index contributed by atoms with van der Waals surface area (Å²) < 4.78 is 40.0. The van der Waals surface area contributed by atoms with Gasteiger partial charge in [-0.15, -0.1) is 0 Å². The van der Waals surface area contributed by atoms with Gasteiger partial charge >= 0.3 is 6.18 Å². The topological polar surface area (TPSA) is 49.4 Å². The molecule has 0 bridgehead atoms. The van der Waals surface area contributed by atoms with Crippen LogP contribution in [0.5, 0.6) is 0 Å². The number of anilines is 2. The number of aryl methyl sites for hydroxylation is 2. The van der Waals surface area contributed by atoms with Crippen LogP contribution in [0, 0.1) is 13.8 Å². The number of amides is 2. The zero-order valence-corrected chi connectivity index (χ0v) is 15.7. The van der Waals surface area contributed by atoms with Crippen LogP contribution < -0.4 is 10.2 Å². The first kappa shape index (κ1) is 20.8. The molecule has 2 amide bonds. The highest BCUT2D eigenvalue weighted by Crippen LogP contribution is 2.38. The third-order valence-electron chi connectivity index (χ3n) is 3.89. The highest BCUT2D eigenvalue weighted by molar-refractivity contribution is 6.30. The highest BCUT2D eigenvalue weighted by atomic mass is 35.5. The van der Waals surface area contributed by atoms with Crippen molar-refractivity contribution in [2.24, 2.45) is 0 Å². The maximum Gasteiger partial charge on any atom is 0.418 e. The Balaban J connectivity index is 2.31. The normalized spacial score (nSPS) is 11.2. The molecule has 0 aromatic heterocycles. The highest BCUT2D eigenvalue weighted by Gasteiger charge is 2.36.